The molecule has 30 heavy (non-hydrogen) atoms. The second-order valence-electron chi connectivity index (χ2n) is 8.41. The first-order chi connectivity index (χ1) is 14.4. The Hall–Kier alpha value is -1.80. The lowest BCUT2D eigenvalue weighted by Gasteiger charge is -2.38. The summed E-state index contributed by atoms with van der Waals surface area (Å²) in [6.07, 6.45) is -2.50. The van der Waals surface area contributed by atoms with Crippen molar-refractivity contribution in [2.75, 3.05) is 6.61 Å². The highest BCUT2D eigenvalue weighted by atomic mass is 16.8. The Labute approximate surface area is 177 Å². The Kier molecular flexibility index (Phi) is 6.25. The van der Waals surface area contributed by atoms with Crippen LogP contribution >= 0.6 is 0 Å². The van der Waals surface area contributed by atoms with Gasteiger partial charge in [-0.05, 0) is 31.9 Å². The SMILES string of the molecule is CC(O)C1(COCc2ccccc2)O[C@@H]2OC(C)(C)O[C@@H]2[C@@H]1OCc1ccccc1. The lowest BCUT2D eigenvalue weighted by Crippen LogP contribution is -2.56. The molecule has 2 heterocycles. The van der Waals surface area contributed by atoms with Gasteiger partial charge in [-0.15, -0.1) is 0 Å². The summed E-state index contributed by atoms with van der Waals surface area (Å²) in [6.45, 7) is 6.32. The minimum absolute atomic E-state index is 0.152. The highest BCUT2D eigenvalue weighted by Gasteiger charge is 2.64. The van der Waals surface area contributed by atoms with Crippen molar-refractivity contribution in [3.05, 3.63) is 71.8 Å². The van der Waals surface area contributed by atoms with Crippen LogP contribution in [0.1, 0.15) is 31.9 Å². The van der Waals surface area contributed by atoms with Crippen molar-refractivity contribution in [1.29, 1.82) is 0 Å². The van der Waals surface area contributed by atoms with Gasteiger partial charge in [0, 0.05) is 0 Å². The van der Waals surface area contributed by atoms with Crippen molar-refractivity contribution in [2.45, 2.75) is 70.0 Å². The number of hydrogen-bond acceptors (Lipinski definition) is 6. The first-order valence-electron chi connectivity index (χ1n) is 10.4. The first-order valence-corrected chi connectivity index (χ1v) is 10.4. The van der Waals surface area contributed by atoms with Gasteiger partial charge in [0.25, 0.3) is 0 Å². The van der Waals surface area contributed by atoms with Crippen molar-refractivity contribution >= 4 is 0 Å². The summed E-state index contributed by atoms with van der Waals surface area (Å²) in [4.78, 5) is 0. The molecule has 2 aliphatic rings. The average molecular weight is 414 g/mol. The van der Waals surface area contributed by atoms with Gasteiger partial charge in [-0.1, -0.05) is 60.7 Å². The molecule has 2 aromatic rings. The van der Waals surface area contributed by atoms with Gasteiger partial charge in [0.15, 0.2) is 12.1 Å². The third kappa shape index (κ3) is 4.44. The molecule has 0 bridgehead atoms. The predicted molar refractivity (Wildman–Crippen MR) is 110 cm³/mol. The normalized spacial score (nSPS) is 30.9. The number of aliphatic hydroxyl groups is 1. The summed E-state index contributed by atoms with van der Waals surface area (Å²) < 4.78 is 30.6. The summed E-state index contributed by atoms with van der Waals surface area (Å²) in [5.74, 6) is -0.778. The van der Waals surface area contributed by atoms with Crippen LogP contribution in [0, 0.1) is 0 Å². The van der Waals surface area contributed by atoms with E-state index in [1.807, 2.05) is 74.5 Å². The Balaban J connectivity index is 1.53. The standard InChI is InChI=1S/C24H30O6/c1-17(25)24(16-26-14-18-10-6-4-7-11-18)21(27-15-19-12-8-5-9-13-19)20-22(30-24)29-23(2,3)28-20/h4-13,17,20-22,25H,14-16H2,1-3H3/t17?,20-,21+,22+,24?/m1/s1. The highest BCUT2D eigenvalue weighted by Crippen LogP contribution is 2.45. The molecule has 0 spiro atoms. The van der Waals surface area contributed by atoms with E-state index in [0.717, 1.165) is 11.1 Å². The predicted octanol–water partition coefficient (Wildman–Crippen LogP) is 3.42. The van der Waals surface area contributed by atoms with Crippen LogP contribution in [0.4, 0.5) is 0 Å². The largest absolute Gasteiger partial charge is 0.390 e. The number of ether oxygens (including phenoxy) is 5. The van der Waals surface area contributed by atoms with Crippen molar-refractivity contribution < 1.29 is 28.8 Å². The van der Waals surface area contributed by atoms with Gasteiger partial charge in [0.1, 0.15) is 17.8 Å². The van der Waals surface area contributed by atoms with E-state index in [2.05, 4.69) is 0 Å². The molecule has 2 unspecified atom stereocenters. The monoisotopic (exact) mass is 414 g/mol. The smallest absolute Gasteiger partial charge is 0.190 e. The third-order valence-corrected chi connectivity index (χ3v) is 5.62. The average Bonchev–Trinajstić information content (AvgIpc) is 3.17. The fourth-order valence-electron chi connectivity index (χ4n) is 4.09. The van der Waals surface area contributed by atoms with Crippen LogP contribution < -0.4 is 0 Å². The maximum atomic E-state index is 10.8. The van der Waals surface area contributed by atoms with E-state index in [4.69, 9.17) is 23.7 Å². The molecule has 0 amide bonds. The number of hydrogen-bond donors (Lipinski definition) is 1. The van der Waals surface area contributed by atoms with Crippen LogP contribution in [0.2, 0.25) is 0 Å². The van der Waals surface area contributed by atoms with E-state index >= 15 is 0 Å². The number of benzene rings is 2. The van der Waals surface area contributed by atoms with Crippen molar-refractivity contribution in [3.63, 3.8) is 0 Å². The Morgan fingerprint density at radius 1 is 0.900 bits per heavy atom. The van der Waals surface area contributed by atoms with E-state index in [-0.39, 0.29) is 6.61 Å². The third-order valence-electron chi connectivity index (χ3n) is 5.62. The van der Waals surface area contributed by atoms with E-state index in [0.29, 0.717) is 13.2 Å². The molecule has 162 valence electrons. The van der Waals surface area contributed by atoms with E-state index in [1.165, 1.54) is 0 Å². The Bertz CT molecular complexity index is 809. The molecule has 0 aromatic heterocycles. The maximum absolute atomic E-state index is 10.8. The van der Waals surface area contributed by atoms with Gasteiger partial charge in [-0.2, -0.15) is 0 Å². The van der Waals surface area contributed by atoms with E-state index in [9.17, 15) is 5.11 Å². The summed E-state index contributed by atoms with van der Waals surface area (Å²) in [5, 5.41) is 10.8. The molecule has 4 rings (SSSR count). The molecule has 2 saturated heterocycles. The number of rotatable bonds is 8. The zero-order valence-corrected chi connectivity index (χ0v) is 17.7. The molecule has 6 heteroatoms. The quantitative estimate of drug-likeness (QED) is 0.714. The van der Waals surface area contributed by atoms with Crippen LogP contribution in [-0.4, -0.2) is 47.7 Å². The molecular formula is C24H30O6. The van der Waals surface area contributed by atoms with Gasteiger partial charge < -0.3 is 28.8 Å². The van der Waals surface area contributed by atoms with Crippen LogP contribution in [0.3, 0.4) is 0 Å². The summed E-state index contributed by atoms with van der Waals surface area (Å²) in [6, 6.07) is 19.8. The molecule has 0 saturated carbocycles. The molecule has 5 atom stereocenters. The van der Waals surface area contributed by atoms with Gasteiger partial charge in [0.05, 0.1) is 25.9 Å². The summed E-state index contributed by atoms with van der Waals surface area (Å²) >= 11 is 0. The zero-order valence-electron chi connectivity index (χ0n) is 17.7. The Morgan fingerprint density at radius 2 is 1.50 bits per heavy atom. The molecular weight excluding hydrogens is 384 g/mol. The summed E-state index contributed by atoms with van der Waals surface area (Å²) in [7, 11) is 0. The Morgan fingerprint density at radius 3 is 2.10 bits per heavy atom. The topological polar surface area (TPSA) is 66.4 Å². The molecule has 6 nitrogen and oxygen atoms in total. The maximum Gasteiger partial charge on any atom is 0.190 e. The number of aliphatic hydroxyl groups excluding tert-OH is 1. The second-order valence-corrected chi connectivity index (χ2v) is 8.41. The van der Waals surface area contributed by atoms with E-state index in [1.54, 1.807) is 6.92 Å². The van der Waals surface area contributed by atoms with E-state index < -0.39 is 36.0 Å². The molecule has 0 radical (unpaired) electrons. The molecule has 2 fully saturated rings. The molecule has 2 aliphatic heterocycles. The van der Waals surface area contributed by atoms with Crippen LogP contribution in [0.5, 0.6) is 0 Å². The van der Waals surface area contributed by atoms with Gasteiger partial charge in [-0.25, -0.2) is 0 Å². The molecule has 2 aromatic carbocycles. The minimum atomic E-state index is -1.10. The van der Waals surface area contributed by atoms with Crippen molar-refractivity contribution in [2.24, 2.45) is 0 Å². The van der Waals surface area contributed by atoms with Gasteiger partial charge >= 0.3 is 0 Å². The lowest BCUT2D eigenvalue weighted by atomic mass is 9.90. The fourth-order valence-corrected chi connectivity index (χ4v) is 4.09. The summed E-state index contributed by atoms with van der Waals surface area (Å²) in [5.41, 5.74) is 0.978. The molecule has 1 N–H and O–H groups in total. The zero-order chi connectivity index (χ0) is 21.2. The molecule has 0 aliphatic carbocycles. The van der Waals surface area contributed by atoms with Crippen LogP contribution in [0.15, 0.2) is 60.7 Å². The highest BCUT2D eigenvalue weighted by molar-refractivity contribution is 5.15. The lowest BCUT2D eigenvalue weighted by molar-refractivity contribution is -0.273. The minimum Gasteiger partial charge on any atom is -0.390 e. The van der Waals surface area contributed by atoms with Gasteiger partial charge in [0.2, 0.25) is 0 Å². The van der Waals surface area contributed by atoms with Crippen molar-refractivity contribution in [1.82, 2.24) is 0 Å². The second kappa shape index (κ2) is 8.75. The van der Waals surface area contributed by atoms with Crippen LogP contribution in [-0.2, 0) is 36.9 Å². The van der Waals surface area contributed by atoms with Gasteiger partial charge in [-0.3, -0.25) is 0 Å². The van der Waals surface area contributed by atoms with Crippen molar-refractivity contribution in [3.8, 4) is 0 Å². The first kappa shape index (κ1) is 21.4. The number of fused-ring (bicyclic) bond motifs is 1. The van der Waals surface area contributed by atoms with Crippen LogP contribution in [0.25, 0.3) is 0 Å². The fraction of sp³-hybridized carbons (Fsp3) is 0.500.